The molecular weight excluding hydrogens is 344 g/mol. The number of benzene rings is 2. The highest BCUT2D eigenvalue weighted by atomic mass is 19.3. The third-order valence-corrected chi connectivity index (χ3v) is 3.64. The lowest BCUT2D eigenvalue weighted by atomic mass is 10.2. The second-order valence-corrected chi connectivity index (χ2v) is 5.33. The largest absolute Gasteiger partial charge is 0.493 e. The summed E-state index contributed by atoms with van der Waals surface area (Å²) in [6.45, 7) is -1.32. The Hall–Kier alpha value is -3.29. The van der Waals surface area contributed by atoms with E-state index in [0.717, 1.165) is 4.68 Å². The number of ether oxygens (including phenoxy) is 2. The zero-order valence-electron chi connectivity index (χ0n) is 14.0. The second kappa shape index (κ2) is 7.30. The van der Waals surface area contributed by atoms with Gasteiger partial charge in [-0.25, -0.2) is 4.98 Å². The van der Waals surface area contributed by atoms with Crippen molar-refractivity contribution < 1.29 is 18.3 Å². The summed E-state index contributed by atoms with van der Waals surface area (Å²) in [7, 11) is 1.35. The minimum Gasteiger partial charge on any atom is -0.493 e. The predicted octanol–water partition coefficient (Wildman–Crippen LogP) is 3.20. The van der Waals surface area contributed by atoms with Crippen LogP contribution in [0.3, 0.4) is 0 Å². The normalized spacial score (nSPS) is 11.4. The van der Waals surface area contributed by atoms with Crippen LogP contribution in [-0.4, -0.2) is 29.6 Å². The summed E-state index contributed by atoms with van der Waals surface area (Å²) in [5, 5.41) is 4.57. The number of aryl methyl sites for hydroxylation is 1. The van der Waals surface area contributed by atoms with Gasteiger partial charge in [-0.15, -0.1) is 0 Å². The number of methoxy groups -OCH3 is 1. The average molecular weight is 359 g/mol. The van der Waals surface area contributed by atoms with Crippen LogP contribution < -0.4 is 15.0 Å². The van der Waals surface area contributed by atoms with E-state index in [9.17, 15) is 13.6 Å². The maximum atomic E-state index is 12.5. The van der Waals surface area contributed by atoms with Gasteiger partial charge in [0.15, 0.2) is 11.5 Å². The van der Waals surface area contributed by atoms with Gasteiger partial charge in [-0.3, -0.25) is 4.79 Å². The topological polar surface area (TPSA) is 65.7 Å². The van der Waals surface area contributed by atoms with Gasteiger partial charge in [-0.1, -0.05) is 12.1 Å². The lowest BCUT2D eigenvalue weighted by Crippen LogP contribution is -2.20. The molecule has 0 aliphatic carbocycles. The van der Waals surface area contributed by atoms with E-state index in [4.69, 9.17) is 4.74 Å². The molecule has 8 heteroatoms. The highest BCUT2D eigenvalue weighted by molar-refractivity contribution is 5.81. The van der Waals surface area contributed by atoms with Crippen LogP contribution in [0.2, 0.25) is 0 Å². The highest BCUT2D eigenvalue weighted by Crippen LogP contribution is 2.29. The van der Waals surface area contributed by atoms with Crippen LogP contribution in [0.5, 0.6) is 11.5 Å². The molecule has 6 nitrogen and oxygen atoms in total. The van der Waals surface area contributed by atoms with Gasteiger partial charge in [-0.05, 0) is 42.8 Å². The zero-order valence-corrected chi connectivity index (χ0v) is 14.0. The van der Waals surface area contributed by atoms with Gasteiger partial charge < -0.3 is 9.47 Å². The molecule has 0 bridgehead atoms. The molecule has 0 saturated carbocycles. The molecule has 0 atom stereocenters. The Morgan fingerprint density at radius 1 is 1.19 bits per heavy atom. The number of aromatic nitrogens is 2. The van der Waals surface area contributed by atoms with E-state index in [-0.39, 0.29) is 17.1 Å². The number of fused-ring (bicyclic) bond motifs is 1. The molecule has 1 aromatic heterocycles. The number of hydrogen-bond acceptors (Lipinski definition) is 5. The van der Waals surface area contributed by atoms with Crippen LogP contribution in [0, 0.1) is 6.92 Å². The van der Waals surface area contributed by atoms with E-state index in [1.165, 1.54) is 25.5 Å². The Morgan fingerprint density at radius 2 is 1.96 bits per heavy atom. The monoisotopic (exact) mass is 359 g/mol. The van der Waals surface area contributed by atoms with E-state index < -0.39 is 6.61 Å². The van der Waals surface area contributed by atoms with Crippen molar-refractivity contribution in [2.45, 2.75) is 13.5 Å². The molecule has 0 saturated heterocycles. The molecule has 3 aromatic rings. The van der Waals surface area contributed by atoms with Gasteiger partial charge in [0.05, 0.1) is 24.2 Å². The Bertz CT molecular complexity index is 1030. The van der Waals surface area contributed by atoms with Crippen LogP contribution >= 0.6 is 0 Å². The third-order valence-electron chi connectivity index (χ3n) is 3.64. The molecule has 2 aromatic carbocycles. The van der Waals surface area contributed by atoms with E-state index in [1.807, 2.05) is 0 Å². The van der Waals surface area contributed by atoms with Gasteiger partial charge in [-0.2, -0.15) is 18.6 Å². The summed E-state index contributed by atoms with van der Waals surface area (Å²) in [5.41, 5.74) is 0.723. The summed E-state index contributed by atoms with van der Waals surface area (Å²) in [6.07, 6.45) is 1.36. The summed E-state index contributed by atoms with van der Waals surface area (Å²) < 4.78 is 35.6. The molecule has 134 valence electrons. The van der Waals surface area contributed by atoms with Crippen LogP contribution in [-0.2, 0) is 0 Å². The van der Waals surface area contributed by atoms with Crippen molar-refractivity contribution in [1.29, 1.82) is 0 Å². The molecule has 0 aliphatic heterocycles. The number of hydrogen-bond donors (Lipinski definition) is 0. The van der Waals surface area contributed by atoms with Gasteiger partial charge in [0.2, 0.25) is 0 Å². The molecule has 26 heavy (non-hydrogen) atoms. The molecule has 0 aliphatic rings. The lowest BCUT2D eigenvalue weighted by Gasteiger charge is -2.10. The number of nitrogens with zero attached hydrogens (tertiary/aromatic N) is 3. The van der Waals surface area contributed by atoms with E-state index in [0.29, 0.717) is 22.3 Å². The molecule has 0 spiro atoms. The summed E-state index contributed by atoms with van der Waals surface area (Å²) >= 11 is 0. The Labute approximate surface area is 147 Å². The summed E-state index contributed by atoms with van der Waals surface area (Å²) in [5.74, 6) is 0.456. The van der Waals surface area contributed by atoms with E-state index in [2.05, 4.69) is 14.8 Å². The van der Waals surface area contributed by atoms with Gasteiger partial charge >= 0.3 is 6.61 Å². The van der Waals surface area contributed by atoms with Crippen molar-refractivity contribution in [2.24, 2.45) is 5.10 Å². The fourth-order valence-corrected chi connectivity index (χ4v) is 2.46. The first kappa shape index (κ1) is 17.5. The SMILES string of the molecule is COc1ccc(/C=N\n2c(C)nc3ccccc3c2=O)cc1OC(F)F. The molecule has 0 unspecified atom stereocenters. The maximum Gasteiger partial charge on any atom is 0.387 e. The Morgan fingerprint density at radius 3 is 2.69 bits per heavy atom. The fourth-order valence-electron chi connectivity index (χ4n) is 2.46. The minimum atomic E-state index is -2.98. The number of alkyl halides is 2. The van der Waals surface area contributed by atoms with Gasteiger partial charge in [0.1, 0.15) is 5.82 Å². The molecule has 3 rings (SSSR count). The van der Waals surface area contributed by atoms with Crippen LogP contribution in [0.15, 0.2) is 52.4 Å². The van der Waals surface area contributed by atoms with Crippen molar-refractivity contribution in [1.82, 2.24) is 9.66 Å². The standard InChI is InChI=1S/C18H15F2N3O3/c1-11-22-14-6-4-3-5-13(14)17(24)23(11)21-10-12-7-8-15(25-2)16(9-12)26-18(19)20/h3-10,18H,1-2H3/b21-10-. The summed E-state index contributed by atoms with van der Waals surface area (Å²) in [6, 6.07) is 11.4. The molecule has 0 amide bonds. The minimum absolute atomic E-state index is 0.118. The van der Waals surface area contributed by atoms with Crippen molar-refractivity contribution in [3.8, 4) is 11.5 Å². The lowest BCUT2D eigenvalue weighted by molar-refractivity contribution is -0.0512. The Balaban J connectivity index is 2.00. The third kappa shape index (κ3) is 3.53. The number of halogens is 2. The first-order valence-corrected chi connectivity index (χ1v) is 7.65. The van der Waals surface area contributed by atoms with Crippen LogP contribution in [0.4, 0.5) is 8.78 Å². The first-order chi connectivity index (χ1) is 12.5. The van der Waals surface area contributed by atoms with Crippen molar-refractivity contribution in [3.05, 3.63) is 64.2 Å². The molecule has 0 fully saturated rings. The zero-order chi connectivity index (χ0) is 18.7. The Kier molecular flexibility index (Phi) is 4.92. The smallest absolute Gasteiger partial charge is 0.387 e. The molecule has 0 N–H and O–H groups in total. The van der Waals surface area contributed by atoms with E-state index >= 15 is 0 Å². The van der Waals surface area contributed by atoms with Crippen LogP contribution in [0.1, 0.15) is 11.4 Å². The highest BCUT2D eigenvalue weighted by Gasteiger charge is 2.11. The van der Waals surface area contributed by atoms with E-state index in [1.54, 1.807) is 37.3 Å². The predicted molar refractivity (Wildman–Crippen MR) is 93.4 cm³/mol. The van der Waals surface area contributed by atoms with Crippen molar-refractivity contribution >= 4 is 17.1 Å². The average Bonchev–Trinajstić information content (AvgIpc) is 2.61. The molecule has 1 heterocycles. The van der Waals surface area contributed by atoms with Crippen molar-refractivity contribution in [3.63, 3.8) is 0 Å². The van der Waals surface area contributed by atoms with Gasteiger partial charge in [0.25, 0.3) is 5.56 Å². The first-order valence-electron chi connectivity index (χ1n) is 7.65. The second-order valence-electron chi connectivity index (χ2n) is 5.33. The molecule has 0 radical (unpaired) electrons. The summed E-state index contributed by atoms with van der Waals surface area (Å²) in [4.78, 5) is 16.9. The molecular formula is C18H15F2N3O3. The quantitative estimate of drug-likeness (QED) is 0.656. The fraction of sp³-hybridized carbons (Fsp3) is 0.167. The van der Waals surface area contributed by atoms with Crippen LogP contribution in [0.25, 0.3) is 10.9 Å². The van der Waals surface area contributed by atoms with Crippen molar-refractivity contribution in [2.75, 3.05) is 7.11 Å². The number of rotatable bonds is 5. The van der Waals surface area contributed by atoms with Gasteiger partial charge in [0, 0.05) is 0 Å². The maximum absolute atomic E-state index is 12.5. The number of para-hydroxylation sites is 1.